The number of hydrogen-bond donors (Lipinski definition) is 1. The number of hydrogen-bond acceptors (Lipinski definition) is 1. The molecule has 0 heterocycles. The van der Waals surface area contributed by atoms with Crippen LogP contribution >= 0.6 is 0 Å². The van der Waals surface area contributed by atoms with Crippen LogP contribution in [0.1, 0.15) is 19.3 Å². The van der Waals surface area contributed by atoms with Crippen molar-refractivity contribution < 1.29 is 17.6 Å². The van der Waals surface area contributed by atoms with Crippen LogP contribution in [0.3, 0.4) is 0 Å². The van der Waals surface area contributed by atoms with Gasteiger partial charge in [-0.3, -0.25) is 0 Å². The van der Waals surface area contributed by atoms with Gasteiger partial charge in [-0.05, 0) is 12.8 Å². The smallest absolute Gasteiger partial charge is 0.328 e. The summed E-state index contributed by atoms with van der Waals surface area (Å²) >= 11 is 0. The fraction of sp³-hybridized carbons (Fsp3) is 1.00. The molecule has 11 heavy (non-hydrogen) atoms. The van der Waals surface area contributed by atoms with Crippen molar-refractivity contribution in [1.82, 2.24) is 0 Å². The summed E-state index contributed by atoms with van der Waals surface area (Å²) in [5.41, 5.74) is 4.87. The lowest BCUT2D eigenvalue weighted by Crippen LogP contribution is -2.16. The molecule has 0 fully saturated rings. The molecule has 0 aromatic heterocycles. The van der Waals surface area contributed by atoms with Crippen LogP contribution < -0.4 is 5.73 Å². The molecule has 68 valence electrons. The Kier molecular flexibility index (Phi) is 4.40. The molecule has 0 saturated carbocycles. The van der Waals surface area contributed by atoms with Crippen LogP contribution in [-0.4, -0.2) is 18.9 Å². The average Bonchev–Trinajstić information content (AvgIpc) is 1.85. The van der Waals surface area contributed by atoms with Crippen LogP contribution in [0.2, 0.25) is 0 Å². The van der Waals surface area contributed by atoms with E-state index in [4.69, 9.17) is 5.73 Å². The molecule has 0 aliphatic carbocycles. The quantitative estimate of drug-likeness (QED) is 0.646. The molecule has 0 aromatic carbocycles. The van der Waals surface area contributed by atoms with Crippen LogP contribution in [0, 0.1) is 0 Å². The zero-order valence-corrected chi connectivity index (χ0v) is 5.99. The van der Waals surface area contributed by atoms with E-state index in [1.54, 1.807) is 0 Å². The molecule has 1 unspecified atom stereocenters. The van der Waals surface area contributed by atoms with E-state index in [1.807, 2.05) is 0 Å². The highest BCUT2D eigenvalue weighted by atomic mass is 19.4. The van der Waals surface area contributed by atoms with E-state index in [0.29, 0.717) is 0 Å². The Balaban J connectivity index is 3.28. The number of halogens is 4. The van der Waals surface area contributed by atoms with E-state index < -0.39 is 18.8 Å². The fourth-order valence-electron chi connectivity index (χ4n) is 0.642. The highest BCUT2D eigenvalue weighted by Crippen LogP contribution is 2.22. The van der Waals surface area contributed by atoms with Crippen LogP contribution in [0.4, 0.5) is 17.6 Å². The first-order valence-corrected chi connectivity index (χ1v) is 3.36. The molecule has 0 aliphatic rings. The Labute approximate surface area is 62.6 Å². The van der Waals surface area contributed by atoms with Gasteiger partial charge in [-0.2, -0.15) is 13.2 Å². The standard InChI is InChI=1S/C6H11F4N/c7-5(4-11)2-1-3-6(8,9)10/h5H,1-4,11H2. The Morgan fingerprint density at radius 2 is 1.82 bits per heavy atom. The summed E-state index contributed by atoms with van der Waals surface area (Å²) in [5.74, 6) is 0. The minimum atomic E-state index is -4.17. The maximum Gasteiger partial charge on any atom is 0.389 e. The van der Waals surface area contributed by atoms with Gasteiger partial charge in [-0.1, -0.05) is 0 Å². The van der Waals surface area contributed by atoms with Crippen molar-refractivity contribution in [3.8, 4) is 0 Å². The number of alkyl halides is 4. The van der Waals surface area contributed by atoms with Gasteiger partial charge in [-0.15, -0.1) is 0 Å². The monoisotopic (exact) mass is 173 g/mol. The Bertz CT molecular complexity index is 101. The molecule has 1 atom stereocenters. The molecule has 0 aliphatic heterocycles. The van der Waals surface area contributed by atoms with Gasteiger partial charge in [0.2, 0.25) is 0 Å². The SMILES string of the molecule is NCC(F)CCCC(F)(F)F. The molecule has 0 radical (unpaired) electrons. The average molecular weight is 173 g/mol. The third-order valence-electron chi connectivity index (χ3n) is 1.23. The summed E-state index contributed by atoms with van der Waals surface area (Å²) in [6, 6.07) is 0. The van der Waals surface area contributed by atoms with E-state index in [-0.39, 0.29) is 19.4 Å². The largest absolute Gasteiger partial charge is 0.389 e. The van der Waals surface area contributed by atoms with Crippen LogP contribution in [0.15, 0.2) is 0 Å². The summed E-state index contributed by atoms with van der Waals surface area (Å²) in [6.45, 7) is -0.197. The number of nitrogens with two attached hydrogens (primary N) is 1. The maximum absolute atomic E-state index is 12.2. The van der Waals surface area contributed by atoms with Crippen molar-refractivity contribution >= 4 is 0 Å². The minimum Gasteiger partial charge on any atom is -0.328 e. The first-order chi connectivity index (χ1) is 4.95. The first-order valence-electron chi connectivity index (χ1n) is 3.36. The molecule has 0 spiro atoms. The van der Waals surface area contributed by atoms with Gasteiger partial charge in [0.25, 0.3) is 0 Å². The Hall–Kier alpha value is -0.320. The predicted molar refractivity (Wildman–Crippen MR) is 33.9 cm³/mol. The normalized spacial score (nSPS) is 15.0. The van der Waals surface area contributed by atoms with E-state index in [1.165, 1.54) is 0 Å². The summed E-state index contributed by atoms with van der Waals surface area (Å²) in [6.07, 6.45) is -6.67. The molecule has 0 saturated heterocycles. The van der Waals surface area contributed by atoms with E-state index in [9.17, 15) is 17.6 Å². The van der Waals surface area contributed by atoms with Gasteiger partial charge in [0.1, 0.15) is 6.17 Å². The van der Waals surface area contributed by atoms with Gasteiger partial charge < -0.3 is 5.73 Å². The van der Waals surface area contributed by atoms with E-state index in [0.717, 1.165) is 0 Å². The highest BCUT2D eigenvalue weighted by Gasteiger charge is 2.26. The fourth-order valence-corrected chi connectivity index (χ4v) is 0.642. The van der Waals surface area contributed by atoms with Crippen molar-refractivity contribution in [2.75, 3.05) is 6.54 Å². The summed E-state index contributed by atoms with van der Waals surface area (Å²) < 4.78 is 46.6. The molecule has 0 aromatic rings. The molecule has 0 rings (SSSR count). The molecular formula is C6H11F4N. The van der Waals surface area contributed by atoms with Crippen LogP contribution in [0.25, 0.3) is 0 Å². The zero-order chi connectivity index (χ0) is 8.91. The van der Waals surface area contributed by atoms with Crippen molar-refractivity contribution in [2.45, 2.75) is 31.6 Å². The van der Waals surface area contributed by atoms with Gasteiger partial charge in [0.15, 0.2) is 0 Å². The van der Waals surface area contributed by atoms with Gasteiger partial charge in [0.05, 0.1) is 0 Å². The van der Waals surface area contributed by atoms with Crippen molar-refractivity contribution in [2.24, 2.45) is 5.73 Å². The third-order valence-corrected chi connectivity index (χ3v) is 1.23. The summed E-state index contributed by atoms with van der Waals surface area (Å²) in [4.78, 5) is 0. The third kappa shape index (κ3) is 7.58. The lowest BCUT2D eigenvalue weighted by molar-refractivity contribution is -0.136. The second-order valence-electron chi connectivity index (χ2n) is 2.34. The number of rotatable bonds is 4. The Morgan fingerprint density at radius 1 is 1.27 bits per heavy atom. The molecular weight excluding hydrogens is 162 g/mol. The van der Waals surface area contributed by atoms with Crippen LogP contribution in [-0.2, 0) is 0 Å². The molecule has 1 nitrogen and oxygen atoms in total. The second-order valence-corrected chi connectivity index (χ2v) is 2.34. The van der Waals surface area contributed by atoms with Crippen LogP contribution in [0.5, 0.6) is 0 Å². The maximum atomic E-state index is 12.2. The topological polar surface area (TPSA) is 26.0 Å². The molecule has 0 bridgehead atoms. The predicted octanol–water partition coefficient (Wildman–Crippen LogP) is 2.02. The van der Waals surface area contributed by atoms with Gasteiger partial charge in [0, 0.05) is 13.0 Å². The van der Waals surface area contributed by atoms with E-state index >= 15 is 0 Å². The molecule has 5 heteroatoms. The van der Waals surface area contributed by atoms with E-state index in [2.05, 4.69) is 0 Å². The Morgan fingerprint density at radius 3 is 2.18 bits per heavy atom. The van der Waals surface area contributed by atoms with Gasteiger partial charge >= 0.3 is 6.18 Å². The molecule has 0 amide bonds. The second kappa shape index (κ2) is 4.54. The summed E-state index contributed by atoms with van der Waals surface area (Å²) in [5, 5.41) is 0. The van der Waals surface area contributed by atoms with Gasteiger partial charge in [-0.25, -0.2) is 4.39 Å². The first kappa shape index (κ1) is 10.7. The highest BCUT2D eigenvalue weighted by molar-refractivity contribution is 4.58. The summed E-state index contributed by atoms with van der Waals surface area (Å²) in [7, 11) is 0. The lowest BCUT2D eigenvalue weighted by Gasteiger charge is -2.06. The lowest BCUT2D eigenvalue weighted by atomic mass is 10.2. The van der Waals surface area contributed by atoms with Crippen molar-refractivity contribution in [3.05, 3.63) is 0 Å². The minimum absolute atomic E-state index is 0.101. The molecule has 2 N–H and O–H groups in total. The zero-order valence-electron chi connectivity index (χ0n) is 5.99. The van der Waals surface area contributed by atoms with Crippen molar-refractivity contribution in [1.29, 1.82) is 0 Å². The van der Waals surface area contributed by atoms with Crippen molar-refractivity contribution in [3.63, 3.8) is 0 Å².